The van der Waals surface area contributed by atoms with Gasteiger partial charge in [0.2, 0.25) is 16.9 Å². The molecule has 2 fully saturated rings. The van der Waals surface area contributed by atoms with Gasteiger partial charge in [0.1, 0.15) is 0 Å². The van der Waals surface area contributed by atoms with Crippen LogP contribution in [0.1, 0.15) is 22.3 Å². The summed E-state index contributed by atoms with van der Waals surface area (Å²) in [6.45, 7) is 2.00. The fraction of sp³-hybridized carbons (Fsp3) is 0.261. The Morgan fingerprint density at radius 3 is 2.25 bits per heavy atom. The summed E-state index contributed by atoms with van der Waals surface area (Å²) >= 11 is 1.15. The predicted octanol–water partition coefficient (Wildman–Crippen LogP) is 4.24. The van der Waals surface area contributed by atoms with E-state index in [1.165, 1.54) is 4.90 Å². The first-order chi connectivity index (χ1) is 13.5. The molecule has 0 radical (unpaired) electrons. The minimum atomic E-state index is -0.233. The molecule has 2 bridgehead atoms. The minimum Gasteiger partial charge on any atom is -0.281 e. The summed E-state index contributed by atoms with van der Waals surface area (Å²) in [6, 6.07) is 14.6. The first-order valence-corrected chi connectivity index (χ1v) is 10.3. The molecule has 4 nitrogen and oxygen atoms in total. The van der Waals surface area contributed by atoms with Crippen LogP contribution in [0.5, 0.6) is 0 Å². The van der Waals surface area contributed by atoms with Crippen LogP contribution in [0.3, 0.4) is 0 Å². The molecular weight excluding hydrogens is 370 g/mol. The molecular formula is C23H19NO3S. The van der Waals surface area contributed by atoms with Crippen LogP contribution in [0.2, 0.25) is 0 Å². The third-order valence-electron chi connectivity index (χ3n) is 6.04. The highest BCUT2D eigenvalue weighted by Crippen LogP contribution is 2.53. The molecule has 1 aliphatic heterocycles. The van der Waals surface area contributed by atoms with Crippen LogP contribution in [-0.4, -0.2) is 16.9 Å². The number of anilines is 1. The number of benzene rings is 2. The largest absolute Gasteiger partial charge is 0.281 e. The van der Waals surface area contributed by atoms with Crippen LogP contribution < -0.4 is 4.90 Å². The van der Waals surface area contributed by atoms with Crippen molar-refractivity contribution in [1.29, 1.82) is 0 Å². The van der Waals surface area contributed by atoms with E-state index < -0.39 is 0 Å². The van der Waals surface area contributed by atoms with E-state index in [0.29, 0.717) is 11.3 Å². The number of fused-ring (bicyclic) bond motifs is 5. The molecule has 2 aromatic rings. The van der Waals surface area contributed by atoms with E-state index in [-0.39, 0.29) is 40.6 Å². The number of rotatable bonds is 3. The highest BCUT2D eigenvalue weighted by molar-refractivity contribution is 8.14. The van der Waals surface area contributed by atoms with Crippen LogP contribution >= 0.6 is 11.8 Å². The SMILES string of the molecule is Cc1ccc(SC(=O)c2cccc(N3C(=O)C4C5C=CC(C5)C4C3=O)c2)cc1. The van der Waals surface area contributed by atoms with Crippen molar-refractivity contribution in [1.82, 2.24) is 0 Å². The molecule has 4 atom stereocenters. The van der Waals surface area contributed by atoms with Crippen LogP contribution in [0.25, 0.3) is 0 Å². The topological polar surface area (TPSA) is 54.5 Å². The first-order valence-electron chi connectivity index (χ1n) is 9.48. The highest BCUT2D eigenvalue weighted by Gasteiger charge is 2.59. The molecule has 1 heterocycles. The normalized spacial score (nSPS) is 27.5. The Labute approximate surface area is 167 Å². The van der Waals surface area contributed by atoms with E-state index >= 15 is 0 Å². The molecule has 2 aromatic carbocycles. The van der Waals surface area contributed by atoms with Gasteiger partial charge in [0.15, 0.2) is 0 Å². The lowest BCUT2D eigenvalue weighted by Crippen LogP contribution is -2.32. The maximum absolute atomic E-state index is 13.0. The van der Waals surface area contributed by atoms with Gasteiger partial charge < -0.3 is 0 Å². The number of aryl methyl sites for hydroxylation is 1. The molecule has 5 heteroatoms. The van der Waals surface area contributed by atoms with E-state index in [4.69, 9.17) is 0 Å². The number of amides is 2. The lowest BCUT2D eigenvalue weighted by Gasteiger charge is -2.18. The second-order valence-corrected chi connectivity index (χ2v) is 8.81. The molecule has 28 heavy (non-hydrogen) atoms. The Morgan fingerprint density at radius 2 is 1.61 bits per heavy atom. The first kappa shape index (κ1) is 17.4. The molecule has 4 unspecified atom stereocenters. The summed E-state index contributed by atoms with van der Waals surface area (Å²) in [5, 5.41) is -0.105. The fourth-order valence-electron chi connectivity index (χ4n) is 4.70. The second kappa shape index (κ2) is 6.45. The van der Waals surface area contributed by atoms with E-state index in [2.05, 4.69) is 12.2 Å². The molecule has 2 amide bonds. The number of hydrogen-bond acceptors (Lipinski definition) is 4. The van der Waals surface area contributed by atoms with Gasteiger partial charge in [-0.1, -0.05) is 42.0 Å². The standard InChI is InChI=1S/C23H19NO3S/c1-13-5-9-18(10-6-13)28-23(27)16-3-2-4-17(12-16)24-21(25)19-14-7-8-15(11-14)20(19)22(24)26/h2-10,12,14-15,19-20H,11H2,1H3. The van der Waals surface area contributed by atoms with Gasteiger partial charge in [-0.3, -0.25) is 14.4 Å². The monoisotopic (exact) mass is 389 g/mol. The van der Waals surface area contributed by atoms with Crippen LogP contribution in [0.15, 0.2) is 65.6 Å². The third kappa shape index (κ3) is 2.65. The van der Waals surface area contributed by atoms with Crippen molar-refractivity contribution in [2.24, 2.45) is 23.7 Å². The zero-order valence-corrected chi connectivity index (χ0v) is 16.2. The quantitative estimate of drug-likeness (QED) is 0.448. The van der Waals surface area contributed by atoms with Gasteiger partial charge in [-0.05, 0) is 61.2 Å². The van der Waals surface area contributed by atoms with Crippen molar-refractivity contribution in [3.63, 3.8) is 0 Å². The lowest BCUT2D eigenvalue weighted by atomic mass is 9.85. The smallest absolute Gasteiger partial charge is 0.238 e. The van der Waals surface area contributed by atoms with Crippen molar-refractivity contribution >= 4 is 34.4 Å². The predicted molar refractivity (Wildman–Crippen MR) is 108 cm³/mol. The maximum Gasteiger partial charge on any atom is 0.238 e. The number of nitrogens with zero attached hydrogens (tertiary/aromatic N) is 1. The van der Waals surface area contributed by atoms with E-state index in [9.17, 15) is 14.4 Å². The van der Waals surface area contributed by atoms with Gasteiger partial charge in [-0.2, -0.15) is 0 Å². The second-order valence-electron chi connectivity index (χ2n) is 7.76. The summed E-state index contributed by atoms with van der Waals surface area (Å²) < 4.78 is 0. The summed E-state index contributed by atoms with van der Waals surface area (Å²) in [6.07, 6.45) is 5.07. The maximum atomic E-state index is 13.0. The van der Waals surface area contributed by atoms with Crippen LogP contribution in [-0.2, 0) is 9.59 Å². The number of carbonyl (C=O) groups is 3. The van der Waals surface area contributed by atoms with Gasteiger partial charge >= 0.3 is 0 Å². The van der Waals surface area contributed by atoms with Crippen LogP contribution in [0.4, 0.5) is 5.69 Å². The van der Waals surface area contributed by atoms with E-state index in [1.807, 2.05) is 31.2 Å². The van der Waals surface area contributed by atoms with Gasteiger partial charge in [-0.25, -0.2) is 4.90 Å². The Balaban J connectivity index is 1.40. The average Bonchev–Trinajstić information content (AvgIpc) is 3.37. The van der Waals surface area contributed by atoms with Crippen molar-refractivity contribution in [3.05, 3.63) is 71.8 Å². The zero-order chi connectivity index (χ0) is 19.4. The van der Waals surface area contributed by atoms with E-state index in [1.54, 1.807) is 24.3 Å². The van der Waals surface area contributed by atoms with Crippen molar-refractivity contribution in [2.75, 3.05) is 4.90 Å². The average molecular weight is 389 g/mol. The number of carbonyl (C=O) groups excluding carboxylic acids is 3. The number of hydrogen-bond donors (Lipinski definition) is 0. The Bertz CT molecular complexity index is 996. The number of thioether (sulfide) groups is 1. The van der Waals surface area contributed by atoms with Crippen molar-refractivity contribution < 1.29 is 14.4 Å². The molecule has 0 spiro atoms. The summed E-state index contributed by atoms with van der Waals surface area (Å²) in [4.78, 5) is 40.8. The minimum absolute atomic E-state index is 0.105. The molecule has 1 saturated heterocycles. The third-order valence-corrected chi connectivity index (χ3v) is 6.97. The molecule has 3 aliphatic rings. The Morgan fingerprint density at radius 1 is 0.964 bits per heavy atom. The molecule has 0 aromatic heterocycles. The summed E-state index contributed by atoms with van der Waals surface area (Å²) in [5.74, 6) is -0.352. The number of allylic oxidation sites excluding steroid dienone is 2. The molecule has 0 N–H and O–H groups in total. The van der Waals surface area contributed by atoms with Gasteiger partial charge in [0.25, 0.3) is 0 Å². The molecule has 1 saturated carbocycles. The summed E-state index contributed by atoms with van der Waals surface area (Å²) in [7, 11) is 0. The highest BCUT2D eigenvalue weighted by atomic mass is 32.2. The van der Waals surface area contributed by atoms with Crippen molar-refractivity contribution in [2.45, 2.75) is 18.2 Å². The lowest BCUT2D eigenvalue weighted by molar-refractivity contribution is -0.123. The van der Waals surface area contributed by atoms with Crippen LogP contribution in [0, 0.1) is 30.6 Å². The Kier molecular flexibility index (Phi) is 4.02. The molecule has 5 rings (SSSR count). The summed E-state index contributed by atoms with van der Waals surface area (Å²) in [5.41, 5.74) is 2.12. The fourth-order valence-corrected chi connectivity index (χ4v) is 5.43. The molecule has 2 aliphatic carbocycles. The molecule has 140 valence electrons. The van der Waals surface area contributed by atoms with Gasteiger partial charge in [0.05, 0.1) is 17.5 Å². The van der Waals surface area contributed by atoms with E-state index in [0.717, 1.165) is 28.6 Å². The van der Waals surface area contributed by atoms with Gasteiger partial charge in [0, 0.05) is 10.5 Å². The van der Waals surface area contributed by atoms with Gasteiger partial charge in [-0.15, -0.1) is 0 Å². The Hall–Kier alpha value is -2.66. The van der Waals surface area contributed by atoms with Crippen molar-refractivity contribution in [3.8, 4) is 0 Å². The zero-order valence-electron chi connectivity index (χ0n) is 15.4. The number of imide groups is 1.